The molecule has 6 heteroatoms. The molecule has 1 aromatic heterocycles. The Balaban J connectivity index is 1.40. The molecule has 124 valence electrons. The van der Waals surface area contributed by atoms with E-state index in [1.54, 1.807) is 6.33 Å². The number of rotatable bonds is 4. The van der Waals surface area contributed by atoms with Crippen molar-refractivity contribution >= 4 is 11.8 Å². The van der Waals surface area contributed by atoms with E-state index in [1.807, 2.05) is 4.57 Å². The van der Waals surface area contributed by atoms with Crippen LogP contribution in [-0.4, -0.2) is 33.4 Å². The maximum Gasteiger partial charge on any atom is 0.271 e. The lowest BCUT2D eigenvalue weighted by molar-refractivity contribution is -0.127. The van der Waals surface area contributed by atoms with E-state index >= 15 is 0 Å². The minimum atomic E-state index is -0.0548. The predicted molar refractivity (Wildman–Crippen MR) is 84.9 cm³/mol. The first-order valence-corrected chi connectivity index (χ1v) is 8.86. The molecule has 0 bridgehead atoms. The SMILES string of the molecule is O=C(NC1CCC1)c1ncn2c1CCC(C(=O)NC1CCC1)C2. The number of carbonyl (C=O) groups excluding carboxylic acids is 2. The fraction of sp³-hybridized carbons (Fsp3) is 0.706. The molecule has 1 aliphatic heterocycles. The minimum absolute atomic E-state index is 0.000145. The molecule has 0 saturated heterocycles. The molecule has 1 unspecified atom stereocenters. The quantitative estimate of drug-likeness (QED) is 0.881. The Morgan fingerprint density at radius 3 is 2.39 bits per heavy atom. The van der Waals surface area contributed by atoms with Crippen LogP contribution in [0.3, 0.4) is 0 Å². The molecule has 0 aromatic carbocycles. The molecular formula is C17H24N4O2. The lowest BCUT2D eigenvalue weighted by atomic mass is 9.90. The van der Waals surface area contributed by atoms with Gasteiger partial charge in [-0.1, -0.05) is 0 Å². The van der Waals surface area contributed by atoms with E-state index in [2.05, 4.69) is 15.6 Å². The number of hydrogen-bond donors (Lipinski definition) is 2. The first-order valence-electron chi connectivity index (χ1n) is 8.86. The van der Waals surface area contributed by atoms with Crippen molar-refractivity contribution in [3.63, 3.8) is 0 Å². The van der Waals surface area contributed by atoms with Gasteiger partial charge in [-0.15, -0.1) is 0 Å². The summed E-state index contributed by atoms with van der Waals surface area (Å²) in [4.78, 5) is 29.0. The van der Waals surface area contributed by atoms with Crippen molar-refractivity contribution in [2.75, 3.05) is 0 Å². The average molecular weight is 316 g/mol. The van der Waals surface area contributed by atoms with Gasteiger partial charge in [-0.05, 0) is 51.4 Å². The Kier molecular flexibility index (Phi) is 3.83. The highest BCUT2D eigenvalue weighted by molar-refractivity contribution is 5.93. The van der Waals surface area contributed by atoms with Gasteiger partial charge in [-0.2, -0.15) is 0 Å². The van der Waals surface area contributed by atoms with Gasteiger partial charge >= 0.3 is 0 Å². The van der Waals surface area contributed by atoms with Gasteiger partial charge in [0, 0.05) is 18.6 Å². The summed E-state index contributed by atoms with van der Waals surface area (Å²) in [6.45, 7) is 0.637. The second-order valence-corrected chi connectivity index (χ2v) is 7.17. The number of aromatic nitrogens is 2. The molecule has 0 radical (unpaired) electrons. The maximum absolute atomic E-state index is 12.3. The standard InChI is InChI=1S/C17H24N4O2/c22-16(19-12-3-1-4-12)11-7-8-14-15(18-10-21(14)9-11)17(23)20-13-5-2-6-13/h10-13H,1-9H2,(H,19,22)(H,20,23). The van der Waals surface area contributed by atoms with E-state index in [-0.39, 0.29) is 17.7 Å². The van der Waals surface area contributed by atoms with Crippen LogP contribution in [-0.2, 0) is 17.8 Å². The maximum atomic E-state index is 12.3. The third-order valence-electron chi connectivity index (χ3n) is 5.57. The normalized spacial score (nSPS) is 24.3. The second kappa shape index (κ2) is 5.98. The summed E-state index contributed by atoms with van der Waals surface area (Å²) in [6, 6.07) is 0.708. The number of fused-ring (bicyclic) bond motifs is 1. The molecule has 0 spiro atoms. The fourth-order valence-electron chi connectivity index (χ4n) is 3.55. The molecule has 23 heavy (non-hydrogen) atoms. The third kappa shape index (κ3) is 2.86. The van der Waals surface area contributed by atoms with Crippen molar-refractivity contribution in [1.29, 1.82) is 0 Å². The van der Waals surface area contributed by atoms with E-state index in [4.69, 9.17) is 0 Å². The molecule has 6 nitrogen and oxygen atoms in total. The third-order valence-corrected chi connectivity index (χ3v) is 5.57. The Labute approximate surface area is 136 Å². The highest BCUT2D eigenvalue weighted by atomic mass is 16.2. The van der Waals surface area contributed by atoms with Crippen LogP contribution in [0.4, 0.5) is 0 Å². The predicted octanol–water partition coefficient (Wildman–Crippen LogP) is 1.40. The van der Waals surface area contributed by atoms with Gasteiger partial charge in [0.05, 0.1) is 17.9 Å². The van der Waals surface area contributed by atoms with Gasteiger partial charge in [-0.3, -0.25) is 9.59 Å². The number of nitrogens with zero attached hydrogens (tertiary/aromatic N) is 2. The smallest absolute Gasteiger partial charge is 0.271 e. The second-order valence-electron chi connectivity index (χ2n) is 7.17. The zero-order valence-corrected chi connectivity index (χ0v) is 13.4. The zero-order valence-electron chi connectivity index (χ0n) is 13.4. The molecule has 4 rings (SSSR count). The summed E-state index contributed by atoms with van der Waals surface area (Å²) < 4.78 is 1.99. The first kappa shape index (κ1) is 14.7. The molecule has 3 aliphatic rings. The number of imidazole rings is 1. The average Bonchev–Trinajstić information content (AvgIpc) is 2.89. The monoisotopic (exact) mass is 316 g/mol. The zero-order chi connectivity index (χ0) is 15.8. The van der Waals surface area contributed by atoms with Crippen LogP contribution in [0.15, 0.2) is 6.33 Å². The molecule has 1 atom stereocenters. The van der Waals surface area contributed by atoms with Crippen LogP contribution < -0.4 is 10.6 Å². The molecule has 2 saturated carbocycles. The lowest BCUT2D eigenvalue weighted by Crippen LogP contribution is -2.44. The highest BCUT2D eigenvalue weighted by Gasteiger charge is 2.31. The molecular weight excluding hydrogens is 292 g/mol. The Morgan fingerprint density at radius 1 is 1.04 bits per heavy atom. The minimum Gasteiger partial charge on any atom is -0.353 e. The number of hydrogen-bond acceptors (Lipinski definition) is 3. The van der Waals surface area contributed by atoms with Crippen molar-refractivity contribution in [2.45, 2.75) is 70.0 Å². The molecule has 2 aliphatic carbocycles. The summed E-state index contributed by atoms with van der Waals surface area (Å²) >= 11 is 0. The van der Waals surface area contributed by atoms with Crippen LogP contribution in [0, 0.1) is 5.92 Å². The van der Waals surface area contributed by atoms with Crippen LogP contribution in [0.25, 0.3) is 0 Å². The summed E-state index contributed by atoms with van der Waals surface area (Å²) in [6.07, 6.45) is 10.1. The molecule has 2 amide bonds. The molecule has 2 heterocycles. The van der Waals surface area contributed by atoms with Crippen LogP contribution in [0.1, 0.15) is 61.1 Å². The Bertz CT molecular complexity index is 616. The van der Waals surface area contributed by atoms with Crippen molar-refractivity contribution in [2.24, 2.45) is 5.92 Å². The summed E-state index contributed by atoms with van der Waals surface area (Å²) in [5, 5.41) is 6.19. The van der Waals surface area contributed by atoms with Gasteiger partial charge in [0.15, 0.2) is 0 Å². The van der Waals surface area contributed by atoms with Crippen LogP contribution in [0.2, 0.25) is 0 Å². The molecule has 2 N–H and O–H groups in total. The van der Waals surface area contributed by atoms with Crippen molar-refractivity contribution in [3.05, 3.63) is 17.7 Å². The van der Waals surface area contributed by atoms with Crippen LogP contribution >= 0.6 is 0 Å². The summed E-state index contributed by atoms with van der Waals surface area (Å²) in [5.41, 5.74) is 1.53. The highest BCUT2D eigenvalue weighted by Crippen LogP contribution is 2.25. The lowest BCUT2D eigenvalue weighted by Gasteiger charge is -2.30. The molecule has 2 fully saturated rings. The fourth-order valence-corrected chi connectivity index (χ4v) is 3.55. The van der Waals surface area contributed by atoms with E-state index < -0.39 is 0 Å². The van der Waals surface area contributed by atoms with Gasteiger partial charge < -0.3 is 15.2 Å². The van der Waals surface area contributed by atoms with E-state index in [0.717, 1.165) is 44.2 Å². The van der Waals surface area contributed by atoms with E-state index in [9.17, 15) is 9.59 Å². The van der Waals surface area contributed by atoms with Gasteiger partial charge in [0.1, 0.15) is 5.69 Å². The van der Waals surface area contributed by atoms with Crippen molar-refractivity contribution < 1.29 is 9.59 Å². The first-order chi connectivity index (χ1) is 11.2. The van der Waals surface area contributed by atoms with E-state index in [0.29, 0.717) is 24.3 Å². The summed E-state index contributed by atoms with van der Waals surface area (Å²) in [7, 11) is 0. The number of carbonyl (C=O) groups is 2. The van der Waals surface area contributed by atoms with Crippen LogP contribution in [0.5, 0.6) is 0 Å². The van der Waals surface area contributed by atoms with Gasteiger partial charge in [0.25, 0.3) is 5.91 Å². The number of nitrogens with one attached hydrogen (secondary N) is 2. The van der Waals surface area contributed by atoms with Crippen molar-refractivity contribution in [1.82, 2.24) is 20.2 Å². The Morgan fingerprint density at radius 2 is 1.74 bits per heavy atom. The molecule has 1 aromatic rings. The van der Waals surface area contributed by atoms with E-state index in [1.165, 1.54) is 12.8 Å². The van der Waals surface area contributed by atoms with Gasteiger partial charge in [-0.25, -0.2) is 4.98 Å². The summed E-state index contributed by atoms with van der Waals surface area (Å²) in [5.74, 6) is 0.107. The topological polar surface area (TPSA) is 76.0 Å². The number of amides is 2. The Hall–Kier alpha value is -1.85. The largest absolute Gasteiger partial charge is 0.353 e. The van der Waals surface area contributed by atoms with Gasteiger partial charge in [0.2, 0.25) is 5.91 Å². The van der Waals surface area contributed by atoms with Crippen molar-refractivity contribution in [3.8, 4) is 0 Å².